The second-order valence-corrected chi connectivity index (χ2v) is 6.26. The summed E-state index contributed by atoms with van der Waals surface area (Å²) in [6.45, 7) is 0.305. The van der Waals surface area contributed by atoms with Crippen LogP contribution in [0, 0.1) is 0 Å². The van der Waals surface area contributed by atoms with Gasteiger partial charge in [-0.15, -0.1) is 0 Å². The van der Waals surface area contributed by atoms with Crippen LogP contribution in [0.1, 0.15) is 21.5 Å². The second-order valence-electron chi connectivity index (χ2n) is 6.26. The first-order valence-corrected chi connectivity index (χ1v) is 8.88. The van der Waals surface area contributed by atoms with Crippen LogP contribution in [0.15, 0.2) is 71.7 Å². The fraction of sp³-hybridized carbons (Fsp3) is 0.182. The van der Waals surface area contributed by atoms with E-state index in [9.17, 15) is 9.59 Å². The maximum absolute atomic E-state index is 12.6. The average molecular weight is 373 g/mol. The van der Waals surface area contributed by atoms with Crippen LogP contribution >= 0.6 is 0 Å². The molecule has 0 aliphatic rings. The molecular formula is C22H20BNO4. The highest BCUT2D eigenvalue weighted by molar-refractivity contribution is 6.08. The maximum atomic E-state index is 12.6. The molecule has 0 aliphatic carbocycles. The Hall–Kier alpha value is -3.28. The average Bonchev–Trinajstić information content (AvgIpc) is 2.74. The molecule has 0 unspecified atom stereocenters. The number of rotatable bonds is 8. The van der Waals surface area contributed by atoms with Gasteiger partial charge in [-0.1, -0.05) is 48.8 Å². The van der Waals surface area contributed by atoms with E-state index in [1.165, 1.54) is 17.7 Å². The number of hydrogen-bond donors (Lipinski definition) is 0. The number of ketones is 1. The standard InChI is InChI=1S/C22H20BNO4/c1-27-21-11-17(7-8-18(21)13-23)20(25)14-24-10-9-19(12-22(24)26)28-15-16-5-3-2-4-6-16/h2-12H,13-15H2,1H3. The lowest BCUT2D eigenvalue weighted by molar-refractivity contribution is 0.0970. The summed E-state index contributed by atoms with van der Waals surface area (Å²) in [7, 11) is 7.18. The predicted molar refractivity (Wildman–Crippen MR) is 108 cm³/mol. The lowest BCUT2D eigenvalue weighted by Crippen LogP contribution is -2.23. The van der Waals surface area contributed by atoms with Gasteiger partial charge in [-0.3, -0.25) is 9.59 Å². The molecule has 28 heavy (non-hydrogen) atoms. The number of carbonyl (C=O) groups excluding carboxylic acids is 1. The van der Waals surface area contributed by atoms with Crippen molar-refractivity contribution in [2.75, 3.05) is 7.11 Å². The van der Waals surface area contributed by atoms with Crippen LogP contribution in [0.2, 0.25) is 0 Å². The van der Waals surface area contributed by atoms with Crippen LogP contribution in [0.5, 0.6) is 11.5 Å². The van der Waals surface area contributed by atoms with Crippen molar-refractivity contribution in [1.29, 1.82) is 0 Å². The molecule has 0 atom stereocenters. The molecule has 6 heteroatoms. The zero-order valence-electron chi connectivity index (χ0n) is 15.6. The summed E-state index contributed by atoms with van der Waals surface area (Å²) in [5, 5.41) is 0. The minimum atomic E-state index is -0.301. The van der Waals surface area contributed by atoms with Crippen LogP contribution in [-0.2, 0) is 19.5 Å². The van der Waals surface area contributed by atoms with Gasteiger partial charge in [0.05, 0.1) is 21.5 Å². The molecule has 140 valence electrons. The van der Waals surface area contributed by atoms with Crippen LogP contribution < -0.4 is 15.0 Å². The third-order valence-corrected chi connectivity index (χ3v) is 4.36. The molecule has 0 N–H and O–H groups in total. The van der Waals surface area contributed by atoms with Crippen LogP contribution in [0.4, 0.5) is 0 Å². The Balaban J connectivity index is 1.69. The highest BCUT2D eigenvalue weighted by atomic mass is 16.5. The molecule has 2 radical (unpaired) electrons. The van der Waals surface area contributed by atoms with Gasteiger partial charge >= 0.3 is 0 Å². The summed E-state index contributed by atoms with van der Waals surface area (Å²) < 4.78 is 12.3. The summed E-state index contributed by atoms with van der Waals surface area (Å²) in [6.07, 6.45) is 1.88. The monoisotopic (exact) mass is 373 g/mol. The lowest BCUT2D eigenvalue weighted by Gasteiger charge is -2.11. The number of ether oxygens (including phenoxy) is 2. The molecule has 1 heterocycles. The van der Waals surface area contributed by atoms with E-state index in [-0.39, 0.29) is 17.9 Å². The van der Waals surface area contributed by atoms with Crippen LogP contribution in [-0.4, -0.2) is 25.3 Å². The van der Waals surface area contributed by atoms with Gasteiger partial charge < -0.3 is 14.0 Å². The van der Waals surface area contributed by atoms with E-state index in [4.69, 9.17) is 17.3 Å². The number of aromatic nitrogens is 1. The van der Waals surface area contributed by atoms with Gasteiger partial charge in [0.25, 0.3) is 5.56 Å². The van der Waals surface area contributed by atoms with Crippen LogP contribution in [0.3, 0.4) is 0 Å². The first kappa shape index (κ1) is 19.5. The van der Waals surface area contributed by atoms with Crippen molar-refractivity contribution in [3.8, 4) is 11.5 Å². The topological polar surface area (TPSA) is 57.5 Å². The summed E-state index contributed by atoms with van der Waals surface area (Å²) in [6, 6.07) is 17.8. The molecule has 0 fully saturated rings. The number of Topliss-reactive ketones (excluding diaryl/α,β-unsaturated/α-hetero) is 1. The molecule has 3 aromatic rings. The van der Waals surface area contributed by atoms with Gasteiger partial charge in [0, 0.05) is 17.8 Å². The Kier molecular flexibility index (Phi) is 6.32. The number of benzene rings is 2. The minimum absolute atomic E-state index is 0.0665. The molecule has 3 rings (SSSR count). The van der Waals surface area contributed by atoms with E-state index < -0.39 is 0 Å². The van der Waals surface area contributed by atoms with Crippen molar-refractivity contribution < 1.29 is 14.3 Å². The Bertz CT molecular complexity index is 1010. The largest absolute Gasteiger partial charge is 0.496 e. The molecule has 0 spiro atoms. The van der Waals surface area contributed by atoms with E-state index in [1.807, 2.05) is 30.3 Å². The smallest absolute Gasteiger partial charge is 0.254 e. The second kappa shape index (κ2) is 9.08. The van der Waals surface area contributed by atoms with Gasteiger partial charge in [0.2, 0.25) is 0 Å². The van der Waals surface area contributed by atoms with E-state index in [0.717, 1.165) is 11.1 Å². The highest BCUT2D eigenvalue weighted by Crippen LogP contribution is 2.20. The maximum Gasteiger partial charge on any atom is 0.254 e. The van der Waals surface area contributed by atoms with Gasteiger partial charge in [-0.2, -0.15) is 0 Å². The number of hydrogen-bond acceptors (Lipinski definition) is 4. The van der Waals surface area contributed by atoms with Crippen molar-refractivity contribution in [3.05, 3.63) is 93.9 Å². The van der Waals surface area contributed by atoms with Crippen LogP contribution in [0.25, 0.3) is 0 Å². The number of pyridine rings is 1. The Morgan fingerprint density at radius 2 is 1.86 bits per heavy atom. The Morgan fingerprint density at radius 3 is 2.54 bits per heavy atom. The van der Waals surface area contributed by atoms with E-state index >= 15 is 0 Å². The third kappa shape index (κ3) is 4.71. The summed E-state index contributed by atoms with van der Waals surface area (Å²) >= 11 is 0. The van der Waals surface area contributed by atoms with Crippen molar-refractivity contribution in [3.63, 3.8) is 0 Å². The summed E-state index contributed by atoms with van der Waals surface area (Å²) in [5.74, 6) is 0.832. The van der Waals surface area contributed by atoms with E-state index in [0.29, 0.717) is 30.0 Å². The molecule has 0 saturated carbocycles. The molecule has 0 bridgehead atoms. The quantitative estimate of drug-likeness (QED) is 0.450. The number of carbonyl (C=O) groups is 1. The van der Waals surface area contributed by atoms with Gasteiger partial charge in [0.1, 0.15) is 18.1 Å². The van der Waals surface area contributed by atoms with Gasteiger partial charge in [-0.25, -0.2) is 0 Å². The molecule has 0 saturated heterocycles. The van der Waals surface area contributed by atoms with E-state index in [2.05, 4.69) is 0 Å². The van der Waals surface area contributed by atoms with E-state index in [1.54, 1.807) is 30.5 Å². The minimum Gasteiger partial charge on any atom is -0.496 e. The molecule has 2 aromatic carbocycles. The summed E-state index contributed by atoms with van der Waals surface area (Å²) in [5.41, 5.74) is 1.99. The normalized spacial score (nSPS) is 10.5. The van der Waals surface area contributed by atoms with Gasteiger partial charge in [0.15, 0.2) is 5.78 Å². The fourth-order valence-electron chi connectivity index (χ4n) is 2.78. The SMILES string of the molecule is [B]Cc1ccc(C(=O)Cn2ccc(OCc3ccccc3)cc2=O)cc1OC. The summed E-state index contributed by atoms with van der Waals surface area (Å²) in [4.78, 5) is 24.9. The Morgan fingerprint density at radius 1 is 1.07 bits per heavy atom. The van der Waals surface area contributed by atoms with Crippen molar-refractivity contribution in [2.24, 2.45) is 0 Å². The first-order valence-electron chi connectivity index (χ1n) is 8.88. The number of nitrogens with zero attached hydrogens (tertiary/aromatic N) is 1. The Labute approximate surface area is 165 Å². The highest BCUT2D eigenvalue weighted by Gasteiger charge is 2.11. The van der Waals surface area contributed by atoms with Crippen molar-refractivity contribution >= 4 is 13.6 Å². The molecule has 0 amide bonds. The lowest BCUT2D eigenvalue weighted by atomic mass is 9.94. The fourth-order valence-corrected chi connectivity index (χ4v) is 2.78. The third-order valence-electron chi connectivity index (χ3n) is 4.36. The first-order chi connectivity index (χ1) is 13.6. The zero-order chi connectivity index (χ0) is 19.9. The molecule has 5 nitrogen and oxygen atoms in total. The molecular weight excluding hydrogens is 353 g/mol. The number of methoxy groups -OCH3 is 1. The predicted octanol–water partition coefficient (Wildman–Crippen LogP) is 2.99. The molecule has 0 aliphatic heterocycles. The zero-order valence-corrected chi connectivity index (χ0v) is 15.6. The van der Waals surface area contributed by atoms with Gasteiger partial charge in [-0.05, 0) is 23.3 Å². The van der Waals surface area contributed by atoms with Crippen molar-refractivity contribution in [2.45, 2.75) is 19.5 Å². The molecule has 1 aromatic heterocycles. The van der Waals surface area contributed by atoms with Crippen molar-refractivity contribution in [1.82, 2.24) is 4.57 Å².